The smallest absolute Gasteiger partial charge is 0.274 e. The minimum Gasteiger partial charge on any atom is -0.380 e. The molecule has 0 aromatic carbocycles. The monoisotopic (exact) mass is 208 g/mol. The summed E-state index contributed by atoms with van der Waals surface area (Å²) in [7, 11) is 1.68. The van der Waals surface area contributed by atoms with Gasteiger partial charge in [0.1, 0.15) is 0 Å². The van der Waals surface area contributed by atoms with E-state index in [1.807, 2.05) is 6.07 Å². The van der Waals surface area contributed by atoms with Gasteiger partial charge >= 0.3 is 0 Å². The lowest BCUT2D eigenvalue weighted by Crippen LogP contribution is -2.23. The van der Waals surface area contributed by atoms with Gasteiger partial charge in [-0.25, -0.2) is 0 Å². The molecule has 1 heterocycles. The van der Waals surface area contributed by atoms with E-state index in [-0.39, 0.29) is 5.82 Å². The highest BCUT2D eigenvalue weighted by atomic mass is 16.6. The van der Waals surface area contributed by atoms with Gasteiger partial charge < -0.3 is 10.6 Å². The predicted molar refractivity (Wildman–Crippen MR) is 55.0 cm³/mol. The second-order valence-corrected chi connectivity index (χ2v) is 3.06. The minimum atomic E-state index is -0.574. The number of pyridine rings is 1. The van der Waals surface area contributed by atoms with Crippen LogP contribution in [-0.4, -0.2) is 21.9 Å². The van der Waals surface area contributed by atoms with Gasteiger partial charge in [-0.05, 0) is 11.6 Å². The normalized spacial score (nSPS) is 11.1. The molecule has 0 fully saturated rings. The first-order chi connectivity index (χ1) is 7.09. The molecule has 0 spiro atoms. The van der Waals surface area contributed by atoms with Crippen molar-refractivity contribution in [2.75, 3.05) is 7.05 Å². The summed E-state index contributed by atoms with van der Waals surface area (Å²) in [6.07, 6.45) is 4.13. The number of nitrogens with two attached hydrogens (primary N) is 1. The average molecular weight is 208 g/mol. The molecule has 0 saturated heterocycles. The summed E-state index contributed by atoms with van der Waals surface area (Å²) < 4.78 is 0. The summed E-state index contributed by atoms with van der Waals surface area (Å²) in [5, 5.41) is 10.2. The number of hydrogen-bond acceptors (Lipinski definition) is 5. The Labute approximate surface area is 87.2 Å². The van der Waals surface area contributed by atoms with Crippen molar-refractivity contribution in [2.24, 2.45) is 5.73 Å². The number of hydrogen-bond donors (Lipinski definition) is 1. The van der Waals surface area contributed by atoms with Crippen molar-refractivity contribution in [1.82, 2.24) is 9.88 Å². The maximum atomic E-state index is 10.2. The van der Waals surface area contributed by atoms with Crippen molar-refractivity contribution in [2.45, 2.75) is 6.54 Å². The van der Waals surface area contributed by atoms with Gasteiger partial charge in [-0.3, -0.25) is 15.1 Å². The van der Waals surface area contributed by atoms with Crippen molar-refractivity contribution >= 4 is 0 Å². The van der Waals surface area contributed by atoms with Crippen molar-refractivity contribution in [3.63, 3.8) is 0 Å². The van der Waals surface area contributed by atoms with Gasteiger partial charge in [0.05, 0.1) is 4.92 Å². The van der Waals surface area contributed by atoms with Crippen molar-refractivity contribution in [3.8, 4) is 0 Å². The van der Waals surface area contributed by atoms with Crippen LogP contribution in [0.5, 0.6) is 0 Å². The van der Waals surface area contributed by atoms with Gasteiger partial charge in [0.2, 0.25) is 0 Å². The fourth-order valence-corrected chi connectivity index (χ4v) is 1.06. The van der Waals surface area contributed by atoms with Crippen LogP contribution in [0.3, 0.4) is 0 Å². The molecule has 1 aromatic rings. The first-order valence-corrected chi connectivity index (χ1v) is 4.30. The van der Waals surface area contributed by atoms with Gasteiger partial charge in [-0.2, -0.15) is 0 Å². The van der Waals surface area contributed by atoms with Crippen LogP contribution >= 0.6 is 0 Å². The Bertz CT molecular complexity index is 364. The van der Waals surface area contributed by atoms with Crippen molar-refractivity contribution in [3.05, 3.63) is 52.2 Å². The number of nitrogens with zero attached hydrogens (tertiary/aromatic N) is 3. The molecule has 1 aromatic heterocycles. The molecular formula is C9H12N4O2. The molecule has 0 aliphatic heterocycles. The van der Waals surface area contributed by atoms with E-state index in [0.29, 0.717) is 6.54 Å². The van der Waals surface area contributed by atoms with Crippen LogP contribution in [0.2, 0.25) is 0 Å². The standard InChI is InChI=1S/C9H12N4O2/c1-12(9(10)7-13(14)15)6-8-3-2-4-11-5-8/h2-5,7H,6,10H2,1H3. The fourth-order valence-electron chi connectivity index (χ4n) is 1.06. The summed E-state index contributed by atoms with van der Waals surface area (Å²) in [5.74, 6) is 0.115. The van der Waals surface area contributed by atoms with E-state index in [2.05, 4.69) is 4.98 Å². The number of nitro groups is 1. The quantitative estimate of drug-likeness (QED) is 0.576. The molecule has 0 atom stereocenters. The van der Waals surface area contributed by atoms with E-state index in [1.54, 1.807) is 30.4 Å². The van der Waals surface area contributed by atoms with E-state index < -0.39 is 4.92 Å². The lowest BCUT2D eigenvalue weighted by atomic mass is 10.3. The molecule has 15 heavy (non-hydrogen) atoms. The van der Waals surface area contributed by atoms with Crippen LogP contribution < -0.4 is 5.73 Å². The molecule has 0 bridgehead atoms. The summed E-state index contributed by atoms with van der Waals surface area (Å²) in [6.45, 7) is 0.490. The van der Waals surface area contributed by atoms with Crippen LogP contribution in [0, 0.1) is 10.1 Å². The van der Waals surface area contributed by atoms with Gasteiger partial charge in [0.25, 0.3) is 6.20 Å². The van der Waals surface area contributed by atoms with Gasteiger partial charge in [-0.1, -0.05) is 6.07 Å². The second-order valence-electron chi connectivity index (χ2n) is 3.06. The largest absolute Gasteiger partial charge is 0.380 e. The zero-order valence-electron chi connectivity index (χ0n) is 8.33. The Morgan fingerprint density at radius 1 is 1.80 bits per heavy atom. The SMILES string of the molecule is CN(Cc1cccnc1)C(N)=C[N+](=O)[O-]. The summed E-state index contributed by atoms with van der Waals surface area (Å²) in [5.41, 5.74) is 6.44. The van der Waals surface area contributed by atoms with Gasteiger partial charge in [-0.15, -0.1) is 0 Å². The second kappa shape index (κ2) is 4.94. The molecule has 6 heteroatoms. The van der Waals surface area contributed by atoms with Crippen LogP contribution in [0.1, 0.15) is 5.56 Å². The topological polar surface area (TPSA) is 85.3 Å². The van der Waals surface area contributed by atoms with Crippen LogP contribution in [0.25, 0.3) is 0 Å². The Kier molecular flexibility index (Phi) is 3.61. The highest BCUT2D eigenvalue weighted by Crippen LogP contribution is 2.03. The third kappa shape index (κ3) is 3.63. The predicted octanol–water partition coefficient (Wildman–Crippen LogP) is 0.548. The Morgan fingerprint density at radius 3 is 3.07 bits per heavy atom. The third-order valence-corrected chi connectivity index (χ3v) is 1.82. The van der Waals surface area contributed by atoms with Crippen LogP contribution in [-0.2, 0) is 6.54 Å². The molecule has 2 N–H and O–H groups in total. The van der Waals surface area contributed by atoms with E-state index in [0.717, 1.165) is 11.8 Å². The maximum Gasteiger partial charge on any atom is 0.274 e. The number of aromatic nitrogens is 1. The fraction of sp³-hybridized carbons (Fsp3) is 0.222. The van der Waals surface area contributed by atoms with Crippen LogP contribution in [0.4, 0.5) is 0 Å². The molecule has 80 valence electrons. The Hall–Kier alpha value is -2.11. The zero-order valence-corrected chi connectivity index (χ0v) is 8.33. The Balaban J connectivity index is 2.64. The van der Waals surface area contributed by atoms with Gasteiger partial charge in [0.15, 0.2) is 5.82 Å². The van der Waals surface area contributed by atoms with E-state index in [4.69, 9.17) is 5.73 Å². The molecule has 6 nitrogen and oxygen atoms in total. The lowest BCUT2D eigenvalue weighted by molar-refractivity contribution is -0.404. The summed E-state index contributed by atoms with van der Waals surface area (Å²) in [4.78, 5) is 15.1. The molecule has 0 aliphatic carbocycles. The molecule has 0 saturated carbocycles. The summed E-state index contributed by atoms with van der Waals surface area (Å²) >= 11 is 0. The first-order valence-electron chi connectivity index (χ1n) is 4.30. The zero-order chi connectivity index (χ0) is 11.3. The highest BCUT2D eigenvalue weighted by Gasteiger charge is 2.05. The molecule has 0 aliphatic rings. The van der Waals surface area contributed by atoms with E-state index in [9.17, 15) is 10.1 Å². The lowest BCUT2D eigenvalue weighted by Gasteiger charge is -2.16. The number of rotatable bonds is 4. The third-order valence-electron chi connectivity index (χ3n) is 1.82. The van der Waals surface area contributed by atoms with Crippen molar-refractivity contribution in [1.29, 1.82) is 0 Å². The molecule has 0 amide bonds. The maximum absolute atomic E-state index is 10.2. The summed E-state index contributed by atoms with van der Waals surface area (Å²) in [6, 6.07) is 3.68. The molecule has 0 unspecified atom stereocenters. The highest BCUT2D eigenvalue weighted by molar-refractivity contribution is 5.09. The average Bonchev–Trinajstić information content (AvgIpc) is 2.18. The first kappa shape index (κ1) is 11.0. The Morgan fingerprint density at radius 2 is 2.53 bits per heavy atom. The van der Waals surface area contributed by atoms with Crippen molar-refractivity contribution < 1.29 is 4.92 Å². The molecule has 0 radical (unpaired) electrons. The van der Waals surface area contributed by atoms with Crippen LogP contribution in [0.15, 0.2) is 36.5 Å². The van der Waals surface area contributed by atoms with Gasteiger partial charge in [0, 0.05) is 26.0 Å². The van der Waals surface area contributed by atoms with E-state index >= 15 is 0 Å². The molecular weight excluding hydrogens is 196 g/mol. The molecule has 1 rings (SSSR count). The minimum absolute atomic E-state index is 0.115. The van der Waals surface area contributed by atoms with E-state index in [1.165, 1.54) is 0 Å².